The van der Waals surface area contributed by atoms with Crippen molar-refractivity contribution in [3.05, 3.63) is 86.9 Å². The first-order valence-electron chi connectivity index (χ1n) is 11.1. The van der Waals surface area contributed by atoms with Crippen LogP contribution in [0, 0.1) is 6.92 Å². The van der Waals surface area contributed by atoms with Crippen molar-refractivity contribution in [3.63, 3.8) is 0 Å². The third-order valence-corrected chi connectivity index (χ3v) is 5.88. The SMILES string of the molecule is COc1cc(/C=N\NC(=O)COc2cc(C)ccc2C(C)C)ccc1OCc1c(Cl)cccc1Cl. The minimum absolute atomic E-state index is 0.138. The van der Waals surface area contributed by atoms with Gasteiger partial charge in [-0.25, -0.2) is 5.43 Å². The van der Waals surface area contributed by atoms with Gasteiger partial charge in [0.25, 0.3) is 5.91 Å². The Hall–Kier alpha value is -3.22. The van der Waals surface area contributed by atoms with Crippen molar-refractivity contribution in [1.29, 1.82) is 0 Å². The standard InChI is InChI=1S/C27H28Cl2N2O4/c1-17(2)20-10-8-18(3)12-25(20)35-16-27(32)31-30-14-19-9-11-24(26(13-19)33-4)34-15-21-22(28)6-5-7-23(21)29/h5-14,17H,15-16H2,1-4H3,(H,31,32)/b30-14-. The zero-order valence-electron chi connectivity index (χ0n) is 20.1. The summed E-state index contributed by atoms with van der Waals surface area (Å²) < 4.78 is 17.0. The maximum atomic E-state index is 12.2. The minimum atomic E-state index is -0.360. The molecule has 0 radical (unpaired) electrons. The number of hydrogen-bond acceptors (Lipinski definition) is 5. The quantitative estimate of drug-likeness (QED) is 0.246. The van der Waals surface area contributed by atoms with Gasteiger partial charge in [-0.05, 0) is 65.9 Å². The van der Waals surface area contributed by atoms with Crippen molar-refractivity contribution in [2.24, 2.45) is 5.10 Å². The Kier molecular flexibility index (Phi) is 9.40. The number of methoxy groups -OCH3 is 1. The molecule has 0 saturated heterocycles. The smallest absolute Gasteiger partial charge is 0.277 e. The number of amides is 1. The summed E-state index contributed by atoms with van der Waals surface area (Å²) in [5, 5.41) is 5.08. The van der Waals surface area contributed by atoms with Gasteiger partial charge in [-0.3, -0.25) is 4.79 Å². The number of aryl methyl sites for hydroxylation is 1. The summed E-state index contributed by atoms with van der Waals surface area (Å²) >= 11 is 12.4. The fourth-order valence-corrected chi connectivity index (χ4v) is 3.81. The lowest BCUT2D eigenvalue weighted by molar-refractivity contribution is -0.123. The van der Waals surface area contributed by atoms with Crippen LogP contribution in [0.15, 0.2) is 59.7 Å². The summed E-state index contributed by atoms with van der Waals surface area (Å²) in [7, 11) is 1.54. The first kappa shape index (κ1) is 26.4. The zero-order chi connectivity index (χ0) is 25.4. The molecule has 8 heteroatoms. The van der Waals surface area contributed by atoms with Crippen LogP contribution in [0.5, 0.6) is 17.2 Å². The summed E-state index contributed by atoms with van der Waals surface area (Å²) in [6.45, 7) is 6.20. The van der Waals surface area contributed by atoms with Crippen LogP contribution in [0.25, 0.3) is 0 Å². The topological polar surface area (TPSA) is 69.2 Å². The molecule has 0 aliphatic rings. The molecule has 1 amide bonds. The maximum absolute atomic E-state index is 12.2. The minimum Gasteiger partial charge on any atom is -0.493 e. The molecule has 3 rings (SSSR count). The third kappa shape index (κ3) is 7.38. The molecular weight excluding hydrogens is 487 g/mol. The molecule has 1 N–H and O–H groups in total. The Balaban J connectivity index is 1.57. The van der Waals surface area contributed by atoms with E-state index in [4.69, 9.17) is 37.4 Å². The number of halogens is 2. The fourth-order valence-electron chi connectivity index (χ4n) is 3.30. The highest BCUT2D eigenvalue weighted by atomic mass is 35.5. The largest absolute Gasteiger partial charge is 0.493 e. The van der Waals surface area contributed by atoms with Gasteiger partial charge >= 0.3 is 0 Å². The lowest BCUT2D eigenvalue weighted by atomic mass is 10.0. The summed E-state index contributed by atoms with van der Waals surface area (Å²) in [6, 6.07) is 16.6. The molecule has 0 saturated carbocycles. The predicted octanol–water partition coefficient (Wildman–Crippen LogP) is 6.54. The zero-order valence-corrected chi connectivity index (χ0v) is 21.6. The number of nitrogens with one attached hydrogen (secondary N) is 1. The van der Waals surface area contributed by atoms with E-state index in [1.54, 1.807) is 43.5 Å². The molecule has 0 spiro atoms. The Bertz CT molecular complexity index is 1190. The second-order valence-corrected chi connectivity index (χ2v) is 8.99. The van der Waals surface area contributed by atoms with Gasteiger partial charge in [0.1, 0.15) is 12.4 Å². The van der Waals surface area contributed by atoms with Crippen LogP contribution in [0.2, 0.25) is 10.0 Å². The number of hydrazone groups is 1. The van der Waals surface area contributed by atoms with Crippen LogP contribution >= 0.6 is 23.2 Å². The van der Waals surface area contributed by atoms with E-state index in [2.05, 4.69) is 24.4 Å². The van der Waals surface area contributed by atoms with Crippen LogP contribution in [-0.4, -0.2) is 25.8 Å². The molecule has 0 aliphatic heterocycles. The number of hydrogen-bond donors (Lipinski definition) is 1. The van der Waals surface area contributed by atoms with Gasteiger partial charge < -0.3 is 14.2 Å². The first-order chi connectivity index (χ1) is 16.8. The average molecular weight is 515 g/mol. The Morgan fingerprint density at radius 1 is 1.00 bits per heavy atom. The van der Waals surface area contributed by atoms with Gasteiger partial charge in [0.15, 0.2) is 18.1 Å². The van der Waals surface area contributed by atoms with Crippen molar-refractivity contribution in [3.8, 4) is 17.2 Å². The van der Waals surface area contributed by atoms with E-state index < -0.39 is 0 Å². The maximum Gasteiger partial charge on any atom is 0.277 e. The van der Waals surface area contributed by atoms with E-state index in [-0.39, 0.29) is 25.0 Å². The van der Waals surface area contributed by atoms with Gasteiger partial charge in [-0.2, -0.15) is 5.10 Å². The molecular formula is C27H28Cl2N2O4. The van der Waals surface area contributed by atoms with Gasteiger partial charge in [0.2, 0.25) is 0 Å². The normalized spacial score (nSPS) is 11.1. The highest BCUT2D eigenvalue weighted by Gasteiger charge is 2.11. The molecule has 0 heterocycles. The molecule has 35 heavy (non-hydrogen) atoms. The molecule has 0 bridgehead atoms. The summed E-state index contributed by atoms with van der Waals surface area (Å²) in [5.74, 6) is 1.67. The van der Waals surface area contributed by atoms with E-state index in [0.717, 1.165) is 11.1 Å². The number of carbonyl (C=O) groups is 1. The van der Waals surface area contributed by atoms with Crippen LogP contribution < -0.4 is 19.6 Å². The van der Waals surface area contributed by atoms with Crippen molar-refractivity contribution >= 4 is 35.3 Å². The van der Waals surface area contributed by atoms with Gasteiger partial charge in [0, 0.05) is 15.6 Å². The molecule has 0 atom stereocenters. The van der Waals surface area contributed by atoms with Gasteiger partial charge in [-0.15, -0.1) is 0 Å². The molecule has 6 nitrogen and oxygen atoms in total. The number of benzene rings is 3. The highest BCUT2D eigenvalue weighted by Crippen LogP contribution is 2.31. The molecule has 3 aromatic rings. The van der Waals surface area contributed by atoms with E-state index in [1.807, 2.05) is 25.1 Å². The van der Waals surface area contributed by atoms with E-state index in [1.165, 1.54) is 6.21 Å². The van der Waals surface area contributed by atoms with Crippen LogP contribution in [0.3, 0.4) is 0 Å². The summed E-state index contributed by atoms with van der Waals surface area (Å²) in [6.07, 6.45) is 1.52. The van der Waals surface area contributed by atoms with Gasteiger partial charge in [0.05, 0.1) is 13.3 Å². The predicted molar refractivity (Wildman–Crippen MR) is 140 cm³/mol. The lowest BCUT2D eigenvalue weighted by Crippen LogP contribution is -2.25. The van der Waals surface area contributed by atoms with E-state index in [9.17, 15) is 4.79 Å². The number of carbonyl (C=O) groups excluding carboxylic acids is 1. The Morgan fingerprint density at radius 3 is 2.43 bits per heavy atom. The molecule has 184 valence electrons. The number of ether oxygens (including phenoxy) is 3. The number of nitrogens with zero attached hydrogens (tertiary/aromatic N) is 1. The average Bonchev–Trinajstić information content (AvgIpc) is 2.82. The van der Waals surface area contributed by atoms with Crippen molar-refractivity contribution < 1.29 is 19.0 Å². The number of rotatable bonds is 10. The van der Waals surface area contributed by atoms with Crippen molar-refractivity contribution in [1.82, 2.24) is 5.43 Å². The van der Waals surface area contributed by atoms with Gasteiger partial charge in [-0.1, -0.05) is 55.2 Å². The third-order valence-electron chi connectivity index (χ3n) is 5.17. The summed E-state index contributed by atoms with van der Waals surface area (Å²) in [5.41, 5.74) is 6.01. The molecule has 3 aromatic carbocycles. The first-order valence-corrected chi connectivity index (χ1v) is 11.8. The van der Waals surface area contributed by atoms with E-state index >= 15 is 0 Å². The Labute approximate surface area is 215 Å². The lowest BCUT2D eigenvalue weighted by Gasteiger charge is -2.14. The monoisotopic (exact) mass is 514 g/mol. The highest BCUT2D eigenvalue weighted by molar-refractivity contribution is 6.35. The summed E-state index contributed by atoms with van der Waals surface area (Å²) in [4.78, 5) is 12.2. The molecule has 0 aliphatic carbocycles. The van der Waals surface area contributed by atoms with Crippen LogP contribution in [0.1, 0.15) is 42.0 Å². The molecule has 0 fully saturated rings. The molecule has 0 unspecified atom stereocenters. The Morgan fingerprint density at radius 2 is 1.74 bits per heavy atom. The molecule has 0 aromatic heterocycles. The van der Waals surface area contributed by atoms with Crippen LogP contribution in [-0.2, 0) is 11.4 Å². The fraction of sp³-hybridized carbons (Fsp3) is 0.259. The van der Waals surface area contributed by atoms with Crippen LogP contribution in [0.4, 0.5) is 0 Å². The second kappa shape index (κ2) is 12.5. The van der Waals surface area contributed by atoms with Crippen molar-refractivity contribution in [2.45, 2.75) is 33.3 Å². The van der Waals surface area contributed by atoms with Crippen molar-refractivity contribution in [2.75, 3.05) is 13.7 Å². The van der Waals surface area contributed by atoms with E-state index in [0.29, 0.717) is 38.4 Å². The second-order valence-electron chi connectivity index (χ2n) is 8.18.